The van der Waals surface area contributed by atoms with E-state index >= 15 is 0 Å². The smallest absolute Gasteiger partial charge is 0.120 e. The van der Waals surface area contributed by atoms with Crippen LogP contribution in [0.25, 0.3) is 0 Å². The van der Waals surface area contributed by atoms with Crippen molar-refractivity contribution in [3.63, 3.8) is 0 Å². The van der Waals surface area contributed by atoms with Crippen LogP contribution in [0.3, 0.4) is 0 Å². The Morgan fingerprint density at radius 1 is 1.29 bits per heavy atom. The Morgan fingerprint density at radius 2 is 1.93 bits per heavy atom. The molecule has 80 valence electrons. The molecule has 0 atom stereocenters. The van der Waals surface area contributed by atoms with E-state index in [1.165, 1.54) is 0 Å². The molecule has 1 aromatic carbocycles. The van der Waals surface area contributed by atoms with E-state index in [0.717, 1.165) is 11.3 Å². The molecule has 0 aliphatic rings. The zero-order chi connectivity index (χ0) is 11.0. The molecule has 0 saturated carbocycles. The van der Waals surface area contributed by atoms with Crippen LogP contribution < -0.4 is 10.5 Å². The number of benzene rings is 1. The highest BCUT2D eigenvalue weighted by Gasteiger charge is 1.97. The van der Waals surface area contributed by atoms with E-state index in [9.17, 15) is 0 Å². The van der Waals surface area contributed by atoms with Crippen molar-refractivity contribution >= 4 is 0 Å². The van der Waals surface area contributed by atoms with Crippen molar-refractivity contribution < 1.29 is 4.74 Å². The number of nitrogens with two attached hydrogens (primary N) is 1. The fraction of sp³-hybridized carbons (Fsp3) is 0.500. The molecule has 0 fully saturated rings. The lowest BCUT2D eigenvalue weighted by Gasteiger charge is -2.09. The standard InChI is InChI=1S/C10H15NO.C2H6/c1-8(2)12-10-5-3-4-9(6-10)7-11;1-2/h3-6,8H,7,11H2,1-2H3;1-2H3. The summed E-state index contributed by atoms with van der Waals surface area (Å²) in [6, 6.07) is 7.87. The maximum atomic E-state index is 5.50. The summed E-state index contributed by atoms with van der Waals surface area (Å²) in [5.74, 6) is 0.896. The lowest BCUT2D eigenvalue weighted by molar-refractivity contribution is 0.242. The van der Waals surface area contributed by atoms with E-state index in [0.29, 0.717) is 6.54 Å². The van der Waals surface area contributed by atoms with E-state index in [2.05, 4.69) is 0 Å². The van der Waals surface area contributed by atoms with Crippen molar-refractivity contribution in [3.8, 4) is 5.75 Å². The Labute approximate surface area is 87.1 Å². The van der Waals surface area contributed by atoms with Crippen LogP contribution in [0.1, 0.15) is 33.3 Å². The van der Waals surface area contributed by atoms with Crippen LogP contribution in [0.15, 0.2) is 24.3 Å². The molecule has 0 aliphatic carbocycles. The molecule has 1 aromatic rings. The van der Waals surface area contributed by atoms with E-state index in [1.807, 2.05) is 52.0 Å². The molecule has 2 heteroatoms. The molecule has 2 nitrogen and oxygen atoms in total. The molecule has 0 spiro atoms. The van der Waals surface area contributed by atoms with Gasteiger partial charge in [0, 0.05) is 6.54 Å². The van der Waals surface area contributed by atoms with Crippen molar-refractivity contribution in [3.05, 3.63) is 29.8 Å². The van der Waals surface area contributed by atoms with Gasteiger partial charge in [0.2, 0.25) is 0 Å². The van der Waals surface area contributed by atoms with E-state index in [4.69, 9.17) is 10.5 Å². The fourth-order valence-corrected chi connectivity index (χ4v) is 1.02. The first-order valence-electron chi connectivity index (χ1n) is 5.18. The van der Waals surface area contributed by atoms with Gasteiger partial charge in [0.1, 0.15) is 5.75 Å². The highest BCUT2D eigenvalue weighted by molar-refractivity contribution is 5.28. The van der Waals surface area contributed by atoms with Gasteiger partial charge in [-0.2, -0.15) is 0 Å². The molecule has 0 bridgehead atoms. The van der Waals surface area contributed by atoms with Crippen molar-refractivity contribution in [1.29, 1.82) is 0 Å². The van der Waals surface area contributed by atoms with Crippen molar-refractivity contribution in [1.82, 2.24) is 0 Å². The van der Waals surface area contributed by atoms with Gasteiger partial charge in [-0.3, -0.25) is 0 Å². The minimum Gasteiger partial charge on any atom is -0.491 e. The van der Waals surface area contributed by atoms with Gasteiger partial charge < -0.3 is 10.5 Å². The summed E-state index contributed by atoms with van der Waals surface area (Å²) in [4.78, 5) is 0. The van der Waals surface area contributed by atoms with Crippen LogP contribution in [-0.4, -0.2) is 6.10 Å². The maximum absolute atomic E-state index is 5.50. The summed E-state index contributed by atoms with van der Waals surface area (Å²) >= 11 is 0. The normalized spacial score (nSPS) is 9.29. The first-order valence-corrected chi connectivity index (χ1v) is 5.18. The Morgan fingerprint density at radius 3 is 2.43 bits per heavy atom. The summed E-state index contributed by atoms with van der Waals surface area (Å²) in [6.07, 6.45) is 0.220. The molecular formula is C12H21NO. The van der Waals surface area contributed by atoms with Gasteiger partial charge in [-0.05, 0) is 31.5 Å². The molecule has 1 rings (SSSR count). The quantitative estimate of drug-likeness (QED) is 0.804. The average Bonchev–Trinajstić information content (AvgIpc) is 2.20. The molecule has 14 heavy (non-hydrogen) atoms. The second-order valence-corrected chi connectivity index (χ2v) is 3.02. The Hall–Kier alpha value is -1.02. The third kappa shape index (κ3) is 4.87. The molecule has 2 N–H and O–H groups in total. The SMILES string of the molecule is CC.CC(C)Oc1cccc(CN)c1. The van der Waals surface area contributed by atoms with Gasteiger partial charge in [-0.25, -0.2) is 0 Å². The van der Waals surface area contributed by atoms with Crippen LogP contribution in [-0.2, 0) is 6.54 Å². The average molecular weight is 195 g/mol. The third-order valence-corrected chi connectivity index (χ3v) is 1.51. The van der Waals surface area contributed by atoms with Crippen LogP contribution in [0.2, 0.25) is 0 Å². The molecule has 0 radical (unpaired) electrons. The molecular weight excluding hydrogens is 174 g/mol. The molecule has 0 aliphatic heterocycles. The number of hydrogen-bond acceptors (Lipinski definition) is 2. The Balaban J connectivity index is 0.000000791. The van der Waals surface area contributed by atoms with E-state index in [-0.39, 0.29) is 6.10 Å². The highest BCUT2D eigenvalue weighted by Crippen LogP contribution is 2.14. The second-order valence-electron chi connectivity index (χ2n) is 3.02. The van der Waals surface area contributed by atoms with E-state index < -0.39 is 0 Å². The van der Waals surface area contributed by atoms with Gasteiger partial charge in [0.05, 0.1) is 6.10 Å². The van der Waals surface area contributed by atoms with Crippen LogP contribution in [0.4, 0.5) is 0 Å². The molecule has 0 heterocycles. The third-order valence-electron chi connectivity index (χ3n) is 1.51. The molecule has 0 aromatic heterocycles. The van der Waals surface area contributed by atoms with Gasteiger partial charge >= 0.3 is 0 Å². The summed E-state index contributed by atoms with van der Waals surface area (Å²) in [7, 11) is 0. The summed E-state index contributed by atoms with van der Waals surface area (Å²) < 4.78 is 5.50. The largest absolute Gasteiger partial charge is 0.491 e. The summed E-state index contributed by atoms with van der Waals surface area (Å²) in [5.41, 5.74) is 6.60. The number of hydrogen-bond donors (Lipinski definition) is 1. The molecule has 0 unspecified atom stereocenters. The predicted octanol–water partition coefficient (Wildman–Crippen LogP) is 2.96. The van der Waals surface area contributed by atoms with Crippen LogP contribution >= 0.6 is 0 Å². The maximum Gasteiger partial charge on any atom is 0.120 e. The van der Waals surface area contributed by atoms with Crippen LogP contribution in [0, 0.1) is 0 Å². The minimum atomic E-state index is 0.220. The van der Waals surface area contributed by atoms with E-state index in [1.54, 1.807) is 0 Å². The zero-order valence-electron chi connectivity index (χ0n) is 9.58. The Bertz CT molecular complexity index is 246. The minimum absolute atomic E-state index is 0.220. The lowest BCUT2D eigenvalue weighted by Crippen LogP contribution is -2.06. The Kier molecular flexibility index (Phi) is 6.85. The van der Waals surface area contributed by atoms with Gasteiger partial charge in [0.25, 0.3) is 0 Å². The first kappa shape index (κ1) is 13.0. The van der Waals surface area contributed by atoms with Crippen LogP contribution in [0.5, 0.6) is 5.75 Å². The number of rotatable bonds is 3. The monoisotopic (exact) mass is 195 g/mol. The van der Waals surface area contributed by atoms with Gasteiger partial charge in [0.15, 0.2) is 0 Å². The van der Waals surface area contributed by atoms with Gasteiger partial charge in [-0.1, -0.05) is 26.0 Å². The second kappa shape index (κ2) is 7.39. The van der Waals surface area contributed by atoms with Crippen molar-refractivity contribution in [2.24, 2.45) is 5.73 Å². The zero-order valence-corrected chi connectivity index (χ0v) is 9.58. The molecule has 0 amide bonds. The van der Waals surface area contributed by atoms with Crippen molar-refractivity contribution in [2.45, 2.75) is 40.3 Å². The predicted molar refractivity (Wildman–Crippen MR) is 61.4 cm³/mol. The van der Waals surface area contributed by atoms with Gasteiger partial charge in [-0.15, -0.1) is 0 Å². The summed E-state index contributed by atoms with van der Waals surface area (Å²) in [6.45, 7) is 8.58. The van der Waals surface area contributed by atoms with Crippen molar-refractivity contribution in [2.75, 3.05) is 0 Å². The topological polar surface area (TPSA) is 35.2 Å². The fourth-order valence-electron chi connectivity index (χ4n) is 1.02. The molecule has 0 saturated heterocycles. The first-order chi connectivity index (χ1) is 6.72. The lowest BCUT2D eigenvalue weighted by atomic mass is 10.2. The number of ether oxygens (including phenoxy) is 1. The summed E-state index contributed by atoms with van der Waals surface area (Å²) in [5, 5.41) is 0. The highest BCUT2D eigenvalue weighted by atomic mass is 16.5.